The number of primary amides is 1. The van der Waals surface area contributed by atoms with Crippen LogP contribution < -0.4 is 11.1 Å². The molecule has 1 aromatic carbocycles. The molecule has 6 nitrogen and oxygen atoms in total. The molecule has 25 heavy (non-hydrogen) atoms. The van der Waals surface area contributed by atoms with Crippen LogP contribution >= 0.6 is 0 Å². The van der Waals surface area contributed by atoms with Crippen molar-refractivity contribution in [1.29, 1.82) is 0 Å². The van der Waals surface area contributed by atoms with Gasteiger partial charge in [-0.15, -0.1) is 0 Å². The van der Waals surface area contributed by atoms with E-state index in [1.54, 1.807) is 17.9 Å². The Morgan fingerprint density at radius 3 is 2.80 bits per heavy atom. The summed E-state index contributed by atoms with van der Waals surface area (Å²) >= 11 is 0. The number of hydrogen-bond acceptors (Lipinski definition) is 3. The highest BCUT2D eigenvalue weighted by Gasteiger charge is 2.26. The summed E-state index contributed by atoms with van der Waals surface area (Å²) in [6.45, 7) is 6.97. The van der Waals surface area contributed by atoms with Crippen molar-refractivity contribution in [2.45, 2.75) is 33.2 Å². The van der Waals surface area contributed by atoms with Gasteiger partial charge in [-0.2, -0.15) is 0 Å². The zero-order valence-corrected chi connectivity index (χ0v) is 14.7. The predicted octanol–water partition coefficient (Wildman–Crippen LogP) is 1.92. The number of nitrogens with one attached hydrogen (secondary N) is 2. The second-order valence-corrected chi connectivity index (χ2v) is 6.41. The summed E-state index contributed by atoms with van der Waals surface area (Å²) in [7, 11) is 0. The number of aromatic nitrogens is 1. The van der Waals surface area contributed by atoms with E-state index in [0.29, 0.717) is 18.7 Å². The van der Waals surface area contributed by atoms with Crippen LogP contribution in [0.1, 0.15) is 35.0 Å². The smallest absolute Gasteiger partial charge is 0.298 e. The molecule has 6 heteroatoms. The van der Waals surface area contributed by atoms with Gasteiger partial charge in [-0.25, -0.2) is 0 Å². The molecule has 3 rings (SSSR count). The molecule has 2 aromatic rings. The van der Waals surface area contributed by atoms with Crippen LogP contribution in [0.5, 0.6) is 0 Å². The Hall–Kier alpha value is -2.94. The predicted molar refractivity (Wildman–Crippen MR) is 98.3 cm³/mol. The highest BCUT2D eigenvalue weighted by Crippen LogP contribution is 2.32. The number of anilines is 1. The van der Waals surface area contributed by atoms with Gasteiger partial charge in [0.05, 0.1) is 11.1 Å². The Labute approximate surface area is 146 Å². The molecule has 0 spiro atoms. The first-order chi connectivity index (χ1) is 11.9. The SMILES string of the molecule is CC#CC(=O)N1CCC(Nc2ccc(C(N)=O)c3[nH]c(C)c(C)c23)C1. The molecular weight excluding hydrogens is 316 g/mol. The molecule has 2 heterocycles. The van der Waals surface area contributed by atoms with Gasteiger partial charge in [0.2, 0.25) is 0 Å². The molecule has 2 amide bonds. The van der Waals surface area contributed by atoms with Gasteiger partial charge in [-0.05, 0) is 50.8 Å². The van der Waals surface area contributed by atoms with Crippen molar-refractivity contribution < 1.29 is 9.59 Å². The topological polar surface area (TPSA) is 91.2 Å². The van der Waals surface area contributed by atoms with E-state index in [2.05, 4.69) is 22.1 Å². The zero-order chi connectivity index (χ0) is 18.1. The van der Waals surface area contributed by atoms with E-state index >= 15 is 0 Å². The van der Waals surface area contributed by atoms with Gasteiger partial charge in [0, 0.05) is 35.9 Å². The molecule has 0 bridgehead atoms. The Morgan fingerprint density at radius 1 is 1.36 bits per heavy atom. The molecule has 4 N–H and O–H groups in total. The van der Waals surface area contributed by atoms with E-state index < -0.39 is 5.91 Å². The van der Waals surface area contributed by atoms with Crippen molar-refractivity contribution in [3.8, 4) is 11.8 Å². The first-order valence-electron chi connectivity index (χ1n) is 8.32. The normalized spacial score (nSPS) is 16.6. The van der Waals surface area contributed by atoms with Crippen molar-refractivity contribution in [3.05, 3.63) is 29.0 Å². The molecule has 1 aliphatic rings. The highest BCUT2D eigenvalue weighted by molar-refractivity contribution is 6.09. The van der Waals surface area contributed by atoms with Gasteiger partial charge in [0.15, 0.2) is 0 Å². The second-order valence-electron chi connectivity index (χ2n) is 6.41. The quantitative estimate of drug-likeness (QED) is 0.747. The van der Waals surface area contributed by atoms with Gasteiger partial charge in [-0.3, -0.25) is 9.59 Å². The monoisotopic (exact) mass is 338 g/mol. The van der Waals surface area contributed by atoms with Crippen LogP contribution in [-0.4, -0.2) is 40.8 Å². The molecule has 1 aromatic heterocycles. The lowest BCUT2D eigenvalue weighted by atomic mass is 10.0. The number of carbonyl (C=O) groups excluding carboxylic acids is 2. The van der Waals surface area contributed by atoms with Gasteiger partial charge in [0.25, 0.3) is 11.8 Å². The van der Waals surface area contributed by atoms with Crippen LogP contribution in [0.4, 0.5) is 5.69 Å². The van der Waals surface area contributed by atoms with Crippen molar-refractivity contribution >= 4 is 28.4 Å². The Bertz CT molecular complexity index is 917. The first kappa shape index (κ1) is 16.9. The minimum absolute atomic E-state index is 0.130. The number of rotatable bonds is 3. The highest BCUT2D eigenvalue weighted by atomic mass is 16.2. The Morgan fingerprint density at radius 2 is 2.12 bits per heavy atom. The Kier molecular flexibility index (Phi) is 4.41. The average Bonchev–Trinajstić information content (AvgIpc) is 3.13. The molecule has 1 fully saturated rings. The summed E-state index contributed by atoms with van der Waals surface area (Å²) in [5, 5.41) is 4.50. The number of likely N-dealkylation sites (tertiary alicyclic amines) is 1. The number of carbonyl (C=O) groups is 2. The fraction of sp³-hybridized carbons (Fsp3) is 0.368. The average molecular weight is 338 g/mol. The van der Waals surface area contributed by atoms with Crippen LogP contribution in [0.15, 0.2) is 12.1 Å². The minimum atomic E-state index is -0.450. The third kappa shape index (κ3) is 3.05. The zero-order valence-electron chi connectivity index (χ0n) is 14.7. The van der Waals surface area contributed by atoms with E-state index in [1.165, 1.54) is 0 Å². The fourth-order valence-corrected chi connectivity index (χ4v) is 3.38. The van der Waals surface area contributed by atoms with Crippen molar-refractivity contribution in [3.63, 3.8) is 0 Å². The standard InChI is InChI=1S/C19H22N4O2/c1-4-5-16(24)23-9-8-13(10-23)22-15-7-6-14(19(20)25)18-17(15)11(2)12(3)21-18/h6-7,13,21-22H,8-10H2,1-3H3,(H2,20,25). The van der Waals surface area contributed by atoms with E-state index in [4.69, 9.17) is 5.73 Å². The molecular formula is C19H22N4O2. The number of benzene rings is 1. The third-order valence-corrected chi connectivity index (χ3v) is 4.79. The summed E-state index contributed by atoms with van der Waals surface area (Å²) in [6, 6.07) is 3.78. The summed E-state index contributed by atoms with van der Waals surface area (Å²) < 4.78 is 0. The maximum Gasteiger partial charge on any atom is 0.298 e. The van der Waals surface area contributed by atoms with Gasteiger partial charge < -0.3 is 20.9 Å². The molecule has 1 aliphatic heterocycles. The number of aryl methyl sites for hydroxylation is 2. The molecule has 130 valence electrons. The molecule has 0 aliphatic carbocycles. The van der Waals surface area contributed by atoms with Gasteiger partial charge in [-0.1, -0.05) is 5.92 Å². The van der Waals surface area contributed by atoms with Crippen LogP contribution in [0.25, 0.3) is 10.9 Å². The largest absolute Gasteiger partial charge is 0.380 e. The number of nitrogens with zero attached hydrogens (tertiary/aromatic N) is 1. The number of aromatic amines is 1. The maximum absolute atomic E-state index is 11.9. The molecule has 1 saturated heterocycles. The number of hydrogen-bond donors (Lipinski definition) is 3. The summed E-state index contributed by atoms with van der Waals surface area (Å²) in [5.41, 5.74) is 9.78. The Balaban J connectivity index is 1.90. The van der Waals surface area contributed by atoms with E-state index in [1.807, 2.05) is 19.9 Å². The molecule has 0 saturated carbocycles. The lowest BCUT2D eigenvalue weighted by molar-refractivity contribution is -0.124. The summed E-state index contributed by atoms with van der Waals surface area (Å²) in [6.07, 6.45) is 0.860. The summed E-state index contributed by atoms with van der Waals surface area (Å²) in [5.74, 6) is 4.66. The van der Waals surface area contributed by atoms with E-state index in [9.17, 15) is 9.59 Å². The fourth-order valence-electron chi connectivity index (χ4n) is 3.38. The number of amides is 2. The van der Waals surface area contributed by atoms with Crippen molar-refractivity contribution in [2.75, 3.05) is 18.4 Å². The van der Waals surface area contributed by atoms with Crippen molar-refractivity contribution in [1.82, 2.24) is 9.88 Å². The van der Waals surface area contributed by atoms with E-state index in [-0.39, 0.29) is 11.9 Å². The lowest BCUT2D eigenvalue weighted by Crippen LogP contribution is -2.30. The molecule has 1 atom stereocenters. The summed E-state index contributed by atoms with van der Waals surface area (Å²) in [4.78, 5) is 28.6. The van der Waals surface area contributed by atoms with Crippen LogP contribution in [0, 0.1) is 25.7 Å². The van der Waals surface area contributed by atoms with Crippen molar-refractivity contribution in [2.24, 2.45) is 5.73 Å². The van der Waals surface area contributed by atoms with Crippen LogP contribution in [0.3, 0.4) is 0 Å². The van der Waals surface area contributed by atoms with Crippen LogP contribution in [0.2, 0.25) is 0 Å². The van der Waals surface area contributed by atoms with Gasteiger partial charge >= 0.3 is 0 Å². The minimum Gasteiger partial charge on any atom is -0.380 e. The third-order valence-electron chi connectivity index (χ3n) is 4.79. The lowest BCUT2D eigenvalue weighted by Gasteiger charge is -2.17. The van der Waals surface area contributed by atoms with Gasteiger partial charge in [0.1, 0.15) is 0 Å². The number of nitrogens with two attached hydrogens (primary N) is 1. The first-order valence-corrected chi connectivity index (χ1v) is 8.32. The molecule has 0 radical (unpaired) electrons. The number of fused-ring (bicyclic) bond motifs is 1. The number of H-pyrrole nitrogens is 1. The molecule has 1 unspecified atom stereocenters. The second kappa shape index (κ2) is 6.52. The van der Waals surface area contributed by atoms with E-state index in [0.717, 1.165) is 34.3 Å². The maximum atomic E-state index is 11.9. The van der Waals surface area contributed by atoms with Crippen LogP contribution in [-0.2, 0) is 4.79 Å².